The highest BCUT2D eigenvalue weighted by Gasteiger charge is 2.23. The van der Waals surface area contributed by atoms with E-state index in [4.69, 9.17) is 0 Å². The summed E-state index contributed by atoms with van der Waals surface area (Å²) in [6.45, 7) is 9.32. The molecule has 2 aromatic rings. The van der Waals surface area contributed by atoms with Gasteiger partial charge < -0.3 is 5.32 Å². The van der Waals surface area contributed by atoms with Gasteiger partial charge in [0.25, 0.3) is 5.91 Å². The number of nitrogens with one attached hydrogen (secondary N) is 1. The van der Waals surface area contributed by atoms with Crippen molar-refractivity contribution in [2.75, 3.05) is 37.8 Å². The average Bonchev–Trinajstić information content (AvgIpc) is 2.69. The molecule has 2 aromatic carbocycles. The molecule has 1 saturated heterocycles. The number of carbonyl (C=O) groups is 1. The zero-order valence-corrected chi connectivity index (χ0v) is 19.0. The van der Waals surface area contributed by atoms with Gasteiger partial charge in [-0.1, -0.05) is 44.2 Å². The van der Waals surface area contributed by atoms with E-state index < -0.39 is 10.0 Å². The highest BCUT2D eigenvalue weighted by Crippen LogP contribution is 2.28. The van der Waals surface area contributed by atoms with Crippen molar-refractivity contribution in [1.82, 2.24) is 9.21 Å². The molecule has 3 rings (SSSR count). The molecule has 0 radical (unpaired) electrons. The highest BCUT2D eigenvalue weighted by molar-refractivity contribution is 7.88. The van der Waals surface area contributed by atoms with Gasteiger partial charge in [-0.05, 0) is 41.7 Å². The van der Waals surface area contributed by atoms with Crippen LogP contribution in [0.1, 0.15) is 46.8 Å². The van der Waals surface area contributed by atoms with Gasteiger partial charge in [0, 0.05) is 44.0 Å². The minimum Gasteiger partial charge on any atom is -0.321 e. The van der Waals surface area contributed by atoms with Crippen molar-refractivity contribution in [3.8, 4) is 0 Å². The Morgan fingerprint density at radius 1 is 1.07 bits per heavy atom. The first-order valence-electron chi connectivity index (χ1n) is 10.3. The van der Waals surface area contributed by atoms with Crippen molar-refractivity contribution in [2.24, 2.45) is 0 Å². The molecular weight excluding hydrogens is 398 g/mol. The van der Waals surface area contributed by atoms with Crippen molar-refractivity contribution in [3.05, 3.63) is 64.7 Å². The zero-order valence-electron chi connectivity index (χ0n) is 18.2. The van der Waals surface area contributed by atoms with Crippen LogP contribution in [0, 0.1) is 6.92 Å². The first-order chi connectivity index (χ1) is 14.1. The number of nitrogens with zero attached hydrogens (tertiary/aromatic N) is 2. The van der Waals surface area contributed by atoms with E-state index in [0.717, 1.165) is 22.4 Å². The maximum absolute atomic E-state index is 12.9. The van der Waals surface area contributed by atoms with Crippen LogP contribution in [0.15, 0.2) is 42.5 Å². The lowest BCUT2D eigenvalue weighted by molar-refractivity contribution is 0.102. The quantitative estimate of drug-likeness (QED) is 0.764. The molecule has 1 heterocycles. The smallest absolute Gasteiger partial charge is 0.255 e. The number of rotatable bonds is 6. The number of sulfonamides is 1. The van der Waals surface area contributed by atoms with Gasteiger partial charge in [-0.2, -0.15) is 4.31 Å². The van der Waals surface area contributed by atoms with Crippen LogP contribution >= 0.6 is 0 Å². The first kappa shape index (κ1) is 22.5. The van der Waals surface area contributed by atoms with Crippen molar-refractivity contribution in [3.63, 3.8) is 0 Å². The lowest BCUT2D eigenvalue weighted by atomic mass is 9.98. The SMILES string of the molecule is Cc1cccc(C(C)C)c1NC(=O)c1cccc(CN2CCN(S(C)(=O)=O)CC2)c1. The third kappa shape index (κ3) is 5.47. The summed E-state index contributed by atoms with van der Waals surface area (Å²) < 4.78 is 24.9. The number of amides is 1. The molecule has 1 N–H and O–H groups in total. The van der Waals surface area contributed by atoms with Gasteiger partial charge in [-0.25, -0.2) is 8.42 Å². The number of anilines is 1. The van der Waals surface area contributed by atoms with Gasteiger partial charge in [0.1, 0.15) is 0 Å². The van der Waals surface area contributed by atoms with E-state index in [-0.39, 0.29) is 5.91 Å². The molecule has 0 bridgehead atoms. The van der Waals surface area contributed by atoms with E-state index in [1.807, 2.05) is 43.3 Å². The second-order valence-electron chi connectivity index (χ2n) is 8.29. The molecule has 0 atom stereocenters. The van der Waals surface area contributed by atoms with Crippen molar-refractivity contribution < 1.29 is 13.2 Å². The molecule has 1 amide bonds. The van der Waals surface area contributed by atoms with Crippen LogP contribution in [0.25, 0.3) is 0 Å². The van der Waals surface area contributed by atoms with E-state index in [9.17, 15) is 13.2 Å². The van der Waals surface area contributed by atoms with E-state index in [0.29, 0.717) is 44.2 Å². The van der Waals surface area contributed by atoms with E-state index >= 15 is 0 Å². The van der Waals surface area contributed by atoms with Gasteiger partial charge in [0.2, 0.25) is 10.0 Å². The molecule has 1 aliphatic rings. The fraction of sp³-hybridized carbons (Fsp3) is 0.435. The van der Waals surface area contributed by atoms with Crippen molar-refractivity contribution >= 4 is 21.6 Å². The molecule has 1 aliphatic heterocycles. The van der Waals surface area contributed by atoms with Gasteiger partial charge in [-0.15, -0.1) is 0 Å². The molecule has 1 fully saturated rings. The first-order valence-corrected chi connectivity index (χ1v) is 12.2. The Balaban J connectivity index is 1.68. The summed E-state index contributed by atoms with van der Waals surface area (Å²) in [4.78, 5) is 15.2. The van der Waals surface area contributed by atoms with Crippen LogP contribution in [-0.2, 0) is 16.6 Å². The van der Waals surface area contributed by atoms with Crippen LogP contribution in [0.3, 0.4) is 0 Å². The number of para-hydroxylation sites is 1. The Kier molecular flexibility index (Phi) is 6.95. The Morgan fingerprint density at radius 3 is 2.37 bits per heavy atom. The molecule has 7 heteroatoms. The minimum absolute atomic E-state index is 0.116. The third-order valence-electron chi connectivity index (χ3n) is 5.56. The number of benzene rings is 2. The lowest BCUT2D eigenvalue weighted by Crippen LogP contribution is -2.47. The monoisotopic (exact) mass is 429 g/mol. The van der Waals surface area contributed by atoms with Crippen LogP contribution in [0.5, 0.6) is 0 Å². The lowest BCUT2D eigenvalue weighted by Gasteiger charge is -2.33. The summed E-state index contributed by atoms with van der Waals surface area (Å²) in [6.07, 6.45) is 1.25. The van der Waals surface area contributed by atoms with Gasteiger partial charge in [0.15, 0.2) is 0 Å². The topological polar surface area (TPSA) is 69.7 Å². The Morgan fingerprint density at radius 2 is 1.73 bits per heavy atom. The highest BCUT2D eigenvalue weighted by atomic mass is 32.2. The predicted octanol–water partition coefficient (Wildman–Crippen LogP) is 3.45. The van der Waals surface area contributed by atoms with Crippen LogP contribution in [-0.4, -0.2) is 56.0 Å². The van der Waals surface area contributed by atoms with E-state index in [2.05, 4.69) is 30.1 Å². The molecule has 162 valence electrons. The van der Waals surface area contributed by atoms with Gasteiger partial charge in [-0.3, -0.25) is 9.69 Å². The minimum atomic E-state index is -3.13. The molecule has 0 aliphatic carbocycles. The second-order valence-corrected chi connectivity index (χ2v) is 10.3. The van der Waals surface area contributed by atoms with Crippen molar-refractivity contribution in [1.29, 1.82) is 0 Å². The number of piperazine rings is 1. The Hall–Kier alpha value is -2.22. The maximum Gasteiger partial charge on any atom is 0.255 e. The maximum atomic E-state index is 12.9. The fourth-order valence-corrected chi connectivity index (χ4v) is 4.64. The fourth-order valence-electron chi connectivity index (χ4n) is 3.82. The van der Waals surface area contributed by atoms with Crippen molar-refractivity contribution in [2.45, 2.75) is 33.2 Å². The number of hydrogen-bond acceptors (Lipinski definition) is 4. The Bertz CT molecular complexity index is 1010. The number of aryl methyl sites for hydroxylation is 1. The van der Waals surface area contributed by atoms with Gasteiger partial charge >= 0.3 is 0 Å². The standard InChI is InChI=1S/C23H31N3O3S/c1-17(2)21-10-5-7-18(3)22(21)24-23(27)20-9-6-8-19(15-20)16-25-11-13-26(14-12-25)30(4,28)29/h5-10,15,17H,11-14,16H2,1-4H3,(H,24,27). The summed E-state index contributed by atoms with van der Waals surface area (Å²) in [5.41, 5.74) is 4.74. The van der Waals surface area contributed by atoms with Crippen LogP contribution in [0.4, 0.5) is 5.69 Å². The summed E-state index contributed by atoms with van der Waals surface area (Å²) >= 11 is 0. The predicted molar refractivity (Wildman–Crippen MR) is 121 cm³/mol. The normalized spacial score (nSPS) is 16.0. The molecule has 0 saturated carbocycles. The zero-order chi connectivity index (χ0) is 21.9. The average molecular weight is 430 g/mol. The summed E-state index contributed by atoms with van der Waals surface area (Å²) in [5, 5.41) is 3.10. The molecule has 30 heavy (non-hydrogen) atoms. The molecule has 0 spiro atoms. The largest absolute Gasteiger partial charge is 0.321 e. The summed E-state index contributed by atoms with van der Waals surface area (Å²) in [6, 6.07) is 13.7. The Labute approximate surface area is 179 Å². The second kappa shape index (κ2) is 9.29. The summed E-state index contributed by atoms with van der Waals surface area (Å²) in [7, 11) is -3.13. The van der Waals surface area contributed by atoms with E-state index in [1.54, 1.807) is 0 Å². The van der Waals surface area contributed by atoms with Crippen LogP contribution in [0.2, 0.25) is 0 Å². The van der Waals surface area contributed by atoms with E-state index in [1.165, 1.54) is 10.6 Å². The molecule has 0 unspecified atom stereocenters. The number of hydrogen-bond donors (Lipinski definition) is 1. The third-order valence-corrected chi connectivity index (χ3v) is 6.86. The molecular formula is C23H31N3O3S. The molecule has 0 aromatic heterocycles. The van der Waals surface area contributed by atoms with Gasteiger partial charge in [0.05, 0.1) is 6.26 Å². The molecule has 6 nitrogen and oxygen atoms in total. The number of carbonyl (C=O) groups excluding carboxylic acids is 1. The van der Waals surface area contributed by atoms with Crippen LogP contribution < -0.4 is 5.32 Å². The summed E-state index contributed by atoms with van der Waals surface area (Å²) in [5.74, 6) is 0.201.